The lowest BCUT2D eigenvalue weighted by Gasteiger charge is -2.08. The van der Waals surface area contributed by atoms with E-state index < -0.39 is 11.7 Å². The lowest BCUT2D eigenvalue weighted by molar-refractivity contribution is -0.137. The third kappa shape index (κ3) is 3.45. The van der Waals surface area contributed by atoms with E-state index >= 15 is 0 Å². The molecule has 0 aliphatic carbocycles. The summed E-state index contributed by atoms with van der Waals surface area (Å²) in [5, 5.41) is 0. The standard InChI is InChI=1S/C14H9BrF3NO/c15-11-5-2-6-19-13(11)12(20)8-9-3-1-4-10(7-9)14(16,17)18/h1-7H,8H2. The number of carbonyl (C=O) groups is 1. The van der Waals surface area contributed by atoms with Crippen molar-refractivity contribution < 1.29 is 18.0 Å². The van der Waals surface area contributed by atoms with E-state index in [1.165, 1.54) is 18.3 Å². The van der Waals surface area contributed by atoms with E-state index in [0.29, 0.717) is 10.0 Å². The predicted molar refractivity (Wildman–Crippen MR) is 71.4 cm³/mol. The smallest absolute Gasteiger partial charge is 0.292 e. The van der Waals surface area contributed by atoms with Crippen molar-refractivity contribution in [3.8, 4) is 0 Å². The Morgan fingerprint density at radius 2 is 1.95 bits per heavy atom. The quantitative estimate of drug-likeness (QED) is 0.778. The van der Waals surface area contributed by atoms with E-state index in [1.54, 1.807) is 12.1 Å². The molecule has 0 saturated heterocycles. The molecule has 1 aromatic carbocycles. The van der Waals surface area contributed by atoms with Crippen LogP contribution in [0.3, 0.4) is 0 Å². The number of alkyl halides is 3. The van der Waals surface area contributed by atoms with E-state index in [-0.39, 0.29) is 17.9 Å². The highest BCUT2D eigenvalue weighted by Crippen LogP contribution is 2.29. The van der Waals surface area contributed by atoms with E-state index in [9.17, 15) is 18.0 Å². The Balaban J connectivity index is 2.23. The van der Waals surface area contributed by atoms with Crippen molar-refractivity contribution in [1.29, 1.82) is 0 Å². The van der Waals surface area contributed by atoms with Gasteiger partial charge >= 0.3 is 6.18 Å². The summed E-state index contributed by atoms with van der Waals surface area (Å²) < 4.78 is 38.3. The van der Waals surface area contributed by atoms with Crippen molar-refractivity contribution in [2.45, 2.75) is 12.6 Å². The van der Waals surface area contributed by atoms with Crippen LogP contribution in [0, 0.1) is 0 Å². The second-order valence-electron chi connectivity index (χ2n) is 4.13. The molecule has 0 saturated carbocycles. The third-order valence-corrected chi connectivity index (χ3v) is 3.28. The predicted octanol–water partition coefficient (Wildman–Crippen LogP) is 4.29. The highest BCUT2D eigenvalue weighted by Gasteiger charge is 2.30. The van der Waals surface area contributed by atoms with Gasteiger partial charge in [0.15, 0.2) is 5.78 Å². The summed E-state index contributed by atoms with van der Waals surface area (Å²) in [6.45, 7) is 0. The number of nitrogens with zero attached hydrogens (tertiary/aromatic N) is 1. The summed E-state index contributed by atoms with van der Waals surface area (Å²) in [5.41, 5.74) is -0.241. The first kappa shape index (κ1) is 14.7. The van der Waals surface area contributed by atoms with Gasteiger partial charge in [-0.3, -0.25) is 9.78 Å². The van der Waals surface area contributed by atoms with Gasteiger partial charge in [-0.2, -0.15) is 13.2 Å². The Labute approximate surface area is 121 Å². The number of pyridine rings is 1. The molecule has 0 radical (unpaired) electrons. The summed E-state index contributed by atoms with van der Waals surface area (Å²) in [6, 6.07) is 8.06. The largest absolute Gasteiger partial charge is 0.416 e. The average molecular weight is 344 g/mol. The van der Waals surface area contributed by atoms with E-state index in [0.717, 1.165) is 12.1 Å². The highest BCUT2D eigenvalue weighted by molar-refractivity contribution is 9.10. The number of benzene rings is 1. The van der Waals surface area contributed by atoms with Gasteiger partial charge in [-0.1, -0.05) is 18.2 Å². The molecule has 0 spiro atoms. The Hall–Kier alpha value is -1.69. The number of halogens is 4. The minimum Gasteiger partial charge on any atom is -0.292 e. The molecule has 0 fully saturated rings. The van der Waals surface area contributed by atoms with E-state index in [1.807, 2.05) is 0 Å². The summed E-state index contributed by atoms with van der Waals surface area (Å²) >= 11 is 3.19. The van der Waals surface area contributed by atoms with E-state index in [2.05, 4.69) is 20.9 Å². The van der Waals surface area contributed by atoms with Gasteiger partial charge in [0.2, 0.25) is 0 Å². The molecule has 2 rings (SSSR count). The fourth-order valence-electron chi connectivity index (χ4n) is 1.72. The molecule has 20 heavy (non-hydrogen) atoms. The third-order valence-electron chi connectivity index (χ3n) is 2.64. The number of carbonyl (C=O) groups excluding carboxylic acids is 1. The first-order valence-corrected chi connectivity index (χ1v) is 6.47. The Bertz CT molecular complexity index is 640. The summed E-state index contributed by atoms with van der Waals surface area (Å²) in [5.74, 6) is -0.336. The Morgan fingerprint density at radius 1 is 1.20 bits per heavy atom. The van der Waals surface area contributed by atoms with Crippen molar-refractivity contribution in [2.75, 3.05) is 0 Å². The van der Waals surface area contributed by atoms with Crippen molar-refractivity contribution >= 4 is 21.7 Å². The van der Waals surface area contributed by atoms with Crippen LogP contribution in [0.15, 0.2) is 47.1 Å². The molecule has 2 aromatic rings. The first-order chi connectivity index (χ1) is 9.38. The molecule has 0 aliphatic heterocycles. The normalized spacial score (nSPS) is 11.4. The maximum atomic E-state index is 12.6. The van der Waals surface area contributed by atoms with Gasteiger partial charge in [-0.15, -0.1) is 0 Å². The second-order valence-corrected chi connectivity index (χ2v) is 4.99. The van der Waals surface area contributed by atoms with Gasteiger partial charge in [0.05, 0.1) is 5.56 Å². The molecule has 6 heteroatoms. The average Bonchev–Trinajstić information content (AvgIpc) is 2.38. The fourth-order valence-corrected chi connectivity index (χ4v) is 2.19. The lowest BCUT2D eigenvalue weighted by Crippen LogP contribution is -2.09. The molecular formula is C14H9BrF3NO. The Morgan fingerprint density at radius 3 is 2.60 bits per heavy atom. The van der Waals surface area contributed by atoms with Crippen LogP contribution in [0.25, 0.3) is 0 Å². The molecule has 1 aromatic heterocycles. The first-order valence-electron chi connectivity index (χ1n) is 5.68. The maximum Gasteiger partial charge on any atom is 0.416 e. The zero-order chi connectivity index (χ0) is 14.8. The zero-order valence-electron chi connectivity index (χ0n) is 10.1. The SMILES string of the molecule is O=C(Cc1cccc(C(F)(F)F)c1)c1ncccc1Br. The van der Waals surface area contributed by atoms with Crippen LogP contribution in [-0.2, 0) is 12.6 Å². The van der Waals surface area contributed by atoms with Crippen LogP contribution in [0.1, 0.15) is 21.6 Å². The number of hydrogen-bond donors (Lipinski definition) is 0. The van der Waals surface area contributed by atoms with E-state index in [4.69, 9.17) is 0 Å². The molecular weight excluding hydrogens is 335 g/mol. The van der Waals surface area contributed by atoms with Gasteiger partial charge in [0.1, 0.15) is 5.69 Å². The number of hydrogen-bond acceptors (Lipinski definition) is 2. The molecule has 0 N–H and O–H groups in total. The van der Waals surface area contributed by atoms with Gasteiger partial charge in [0, 0.05) is 17.1 Å². The zero-order valence-corrected chi connectivity index (χ0v) is 11.7. The fraction of sp³-hybridized carbons (Fsp3) is 0.143. The van der Waals surface area contributed by atoms with Crippen LogP contribution in [0.5, 0.6) is 0 Å². The van der Waals surface area contributed by atoms with Crippen molar-refractivity contribution in [2.24, 2.45) is 0 Å². The second kappa shape index (κ2) is 5.75. The molecule has 0 atom stereocenters. The van der Waals surface area contributed by atoms with Gasteiger partial charge in [-0.25, -0.2) is 0 Å². The summed E-state index contributed by atoms with van der Waals surface area (Å²) in [4.78, 5) is 15.9. The Kier molecular flexibility index (Phi) is 4.23. The van der Waals surface area contributed by atoms with Crippen LogP contribution < -0.4 is 0 Å². The molecule has 0 aliphatic rings. The van der Waals surface area contributed by atoms with Crippen LogP contribution in [0.2, 0.25) is 0 Å². The summed E-state index contributed by atoms with van der Waals surface area (Å²) in [7, 11) is 0. The maximum absolute atomic E-state index is 12.6. The number of Topliss-reactive ketones (excluding diaryl/α,β-unsaturated/α-hetero) is 1. The molecule has 2 nitrogen and oxygen atoms in total. The van der Waals surface area contributed by atoms with Gasteiger partial charge in [0.25, 0.3) is 0 Å². The highest BCUT2D eigenvalue weighted by atomic mass is 79.9. The lowest BCUT2D eigenvalue weighted by atomic mass is 10.0. The minimum atomic E-state index is -4.41. The summed E-state index contributed by atoms with van der Waals surface area (Å²) in [6.07, 6.45) is -3.08. The number of aromatic nitrogens is 1. The van der Waals surface area contributed by atoms with Crippen LogP contribution in [0.4, 0.5) is 13.2 Å². The van der Waals surface area contributed by atoms with Crippen LogP contribution >= 0.6 is 15.9 Å². The molecule has 0 bridgehead atoms. The van der Waals surface area contributed by atoms with Crippen molar-refractivity contribution in [1.82, 2.24) is 4.98 Å². The molecule has 104 valence electrons. The monoisotopic (exact) mass is 343 g/mol. The van der Waals surface area contributed by atoms with Gasteiger partial charge in [-0.05, 0) is 39.7 Å². The molecule has 0 unspecified atom stereocenters. The van der Waals surface area contributed by atoms with Crippen molar-refractivity contribution in [3.63, 3.8) is 0 Å². The topological polar surface area (TPSA) is 30.0 Å². The van der Waals surface area contributed by atoms with Crippen molar-refractivity contribution in [3.05, 3.63) is 63.9 Å². The molecule has 1 heterocycles. The van der Waals surface area contributed by atoms with Crippen LogP contribution in [-0.4, -0.2) is 10.8 Å². The number of ketones is 1. The minimum absolute atomic E-state index is 0.125. The molecule has 0 amide bonds. The van der Waals surface area contributed by atoms with Gasteiger partial charge < -0.3 is 0 Å². The number of rotatable bonds is 3.